The molecule has 38 heavy (non-hydrogen) atoms. The minimum Gasteiger partial charge on any atom is -0.485 e. The first-order valence-electron chi connectivity index (χ1n) is 12.4. The van der Waals surface area contributed by atoms with Gasteiger partial charge in [-0.2, -0.15) is 0 Å². The normalized spacial score (nSPS) is 15.0. The minimum absolute atomic E-state index is 0.0247. The Morgan fingerprint density at radius 2 is 2.00 bits per heavy atom. The van der Waals surface area contributed by atoms with Gasteiger partial charge in [0.05, 0.1) is 12.8 Å². The molecule has 9 heteroatoms. The van der Waals surface area contributed by atoms with Crippen molar-refractivity contribution in [1.29, 1.82) is 0 Å². The van der Waals surface area contributed by atoms with Crippen LogP contribution < -0.4 is 14.8 Å². The predicted molar refractivity (Wildman–Crippen MR) is 143 cm³/mol. The first-order valence-corrected chi connectivity index (χ1v) is 13.3. The van der Waals surface area contributed by atoms with Crippen molar-refractivity contribution in [3.63, 3.8) is 0 Å². The van der Waals surface area contributed by atoms with Crippen LogP contribution >= 0.6 is 11.3 Å². The van der Waals surface area contributed by atoms with Crippen molar-refractivity contribution in [1.82, 2.24) is 15.3 Å². The zero-order valence-electron chi connectivity index (χ0n) is 20.8. The molecule has 2 atom stereocenters. The maximum absolute atomic E-state index is 12.9. The first-order chi connectivity index (χ1) is 18.6. The molecular weight excluding hydrogens is 502 g/mol. The van der Waals surface area contributed by atoms with Crippen LogP contribution in [0.4, 0.5) is 0 Å². The van der Waals surface area contributed by atoms with Crippen molar-refractivity contribution in [3.05, 3.63) is 101 Å². The van der Waals surface area contributed by atoms with Crippen LogP contribution in [-0.4, -0.2) is 34.5 Å². The summed E-state index contributed by atoms with van der Waals surface area (Å²) in [6.07, 6.45) is 7.01. The van der Waals surface area contributed by atoms with Gasteiger partial charge in [0.15, 0.2) is 0 Å². The zero-order chi connectivity index (χ0) is 26.3. The Balaban J connectivity index is 1.23. The fourth-order valence-electron chi connectivity index (χ4n) is 4.26. The average Bonchev–Trinajstić information content (AvgIpc) is 3.42. The summed E-state index contributed by atoms with van der Waals surface area (Å²) >= 11 is 1.11. The summed E-state index contributed by atoms with van der Waals surface area (Å²) in [7, 11) is 0. The van der Waals surface area contributed by atoms with Crippen LogP contribution in [0.5, 0.6) is 16.7 Å². The fraction of sp³-hybridized carbons (Fsp3) is 0.241. The number of carbonyl (C=O) groups is 2. The molecule has 1 aliphatic heterocycles. The number of esters is 1. The zero-order valence-corrected chi connectivity index (χ0v) is 21.6. The van der Waals surface area contributed by atoms with E-state index < -0.39 is 17.9 Å². The molecule has 0 fully saturated rings. The molecule has 1 amide bonds. The van der Waals surface area contributed by atoms with E-state index in [0.29, 0.717) is 22.2 Å². The van der Waals surface area contributed by atoms with E-state index in [2.05, 4.69) is 15.3 Å². The lowest BCUT2D eigenvalue weighted by Gasteiger charge is -2.26. The Labute approximate surface area is 224 Å². The number of aromatic nitrogens is 2. The van der Waals surface area contributed by atoms with Crippen LogP contribution in [0, 0.1) is 0 Å². The van der Waals surface area contributed by atoms with E-state index in [-0.39, 0.29) is 12.7 Å². The molecule has 3 heterocycles. The number of amides is 1. The Kier molecular flexibility index (Phi) is 7.94. The third-order valence-corrected chi connectivity index (χ3v) is 6.98. The van der Waals surface area contributed by atoms with Crippen LogP contribution in [0.15, 0.2) is 79.3 Å². The lowest BCUT2D eigenvalue weighted by Crippen LogP contribution is -2.43. The number of thiazole rings is 1. The van der Waals surface area contributed by atoms with Gasteiger partial charge in [0.2, 0.25) is 0 Å². The van der Waals surface area contributed by atoms with Crippen LogP contribution in [-0.2, 0) is 22.4 Å². The Bertz CT molecular complexity index is 1390. The van der Waals surface area contributed by atoms with Gasteiger partial charge < -0.3 is 19.5 Å². The molecule has 0 radical (unpaired) electrons. The molecule has 0 saturated carbocycles. The van der Waals surface area contributed by atoms with Crippen LogP contribution in [0.2, 0.25) is 0 Å². The van der Waals surface area contributed by atoms with Gasteiger partial charge in [0, 0.05) is 24.4 Å². The van der Waals surface area contributed by atoms with Crippen LogP contribution in [0.3, 0.4) is 0 Å². The van der Waals surface area contributed by atoms with Crippen molar-refractivity contribution >= 4 is 23.2 Å². The second kappa shape index (κ2) is 11.9. The van der Waals surface area contributed by atoms with Gasteiger partial charge in [-0.05, 0) is 55.2 Å². The maximum atomic E-state index is 12.9. The van der Waals surface area contributed by atoms with Crippen molar-refractivity contribution in [2.45, 2.75) is 38.3 Å². The number of hydrogen-bond donors (Lipinski definition) is 1. The lowest BCUT2D eigenvalue weighted by atomic mass is 9.98. The number of nitrogens with zero attached hydrogens (tertiary/aromatic N) is 2. The first kappa shape index (κ1) is 25.4. The molecule has 5 rings (SSSR count). The van der Waals surface area contributed by atoms with E-state index in [4.69, 9.17) is 14.2 Å². The molecule has 0 spiro atoms. The second-order valence-corrected chi connectivity index (χ2v) is 9.75. The van der Waals surface area contributed by atoms with E-state index in [1.165, 1.54) is 6.20 Å². The molecule has 4 aromatic rings. The summed E-state index contributed by atoms with van der Waals surface area (Å²) in [5, 5.41) is 3.11. The molecule has 2 aromatic heterocycles. The highest BCUT2D eigenvalue weighted by molar-refractivity contribution is 7.15. The number of ether oxygens (including phenoxy) is 3. The minimum atomic E-state index is -0.813. The lowest BCUT2D eigenvalue weighted by molar-refractivity contribution is -0.145. The molecule has 0 aliphatic carbocycles. The van der Waals surface area contributed by atoms with Crippen molar-refractivity contribution in [3.8, 4) is 16.7 Å². The van der Waals surface area contributed by atoms with Gasteiger partial charge in [-0.15, -0.1) is 0 Å². The predicted octanol–water partition coefficient (Wildman–Crippen LogP) is 5.30. The quantitative estimate of drug-likeness (QED) is 0.294. The second-order valence-electron chi connectivity index (χ2n) is 8.76. The molecule has 0 bridgehead atoms. The van der Waals surface area contributed by atoms with E-state index in [9.17, 15) is 9.59 Å². The number of nitrogens with one attached hydrogen (secondary N) is 1. The van der Waals surface area contributed by atoms with Gasteiger partial charge in [0.1, 0.15) is 28.5 Å². The van der Waals surface area contributed by atoms with E-state index in [1.54, 1.807) is 13.1 Å². The number of fused-ring (bicyclic) bond motifs is 1. The summed E-state index contributed by atoms with van der Waals surface area (Å²) in [5.74, 6) is 0.543. The summed E-state index contributed by atoms with van der Waals surface area (Å²) < 4.78 is 17.3. The van der Waals surface area contributed by atoms with Gasteiger partial charge in [-0.3, -0.25) is 9.78 Å². The van der Waals surface area contributed by atoms with Gasteiger partial charge in [-0.25, -0.2) is 9.78 Å². The van der Waals surface area contributed by atoms with E-state index >= 15 is 0 Å². The third kappa shape index (κ3) is 6.18. The Morgan fingerprint density at radius 3 is 2.79 bits per heavy atom. The van der Waals surface area contributed by atoms with Gasteiger partial charge in [0.25, 0.3) is 11.1 Å². The average molecular weight is 530 g/mol. The van der Waals surface area contributed by atoms with E-state index in [1.807, 2.05) is 66.9 Å². The summed E-state index contributed by atoms with van der Waals surface area (Å²) in [6.45, 7) is 1.96. The van der Waals surface area contributed by atoms with Crippen LogP contribution in [0.1, 0.15) is 45.8 Å². The smallest absolute Gasteiger partial charge is 0.328 e. The number of benzene rings is 2. The fourth-order valence-corrected chi connectivity index (χ4v) is 4.94. The largest absolute Gasteiger partial charge is 0.485 e. The highest BCUT2D eigenvalue weighted by Crippen LogP contribution is 2.37. The molecular formula is C29H27N3O5S. The summed E-state index contributed by atoms with van der Waals surface area (Å²) in [4.78, 5) is 34.2. The molecule has 1 unspecified atom stereocenters. The van der Waals surface area contributed by atoms with Crippen molar-refractivity contribution in [2.24, 2.45) is 0 Å². The molecule has 0 saturated heterocycles. The summed E-state index contributed by atoms with van der Waals surface area (Å²) in [6, 6.07) is 18.2. The SMILES string of the molecule is CCOC(=O)C(Cc1ccccc1)NC(=O)c1cnc(Oc2ccc3c(c2)CC[C@@H](c2cccnc2)O3)s1. The topological polar surface area (TPSA) is 99.6 Å². The standard InChI is InChI=1S/C29H27N3O5S/c1-2-35-28(34)23(15-19-7-4-3-5-8-19)32-27(33)26-18-31-29(38-26)36-22-11-13-24-20(16-22)10-12-25(37-24)21-9-6-14-30-17-21/h3-9,11,13-14,16-18,23,25H,2,10,12,15H2,1H3,(H,32,33)/t23?,25-/m0/s1. The maximum Gasteiger partial charge on any atom is 0.328 e. The molecule has 2 aromatic carbocycles. The van der Waals surface area contributed by atoms with Crippen molar-refractivity contribution < 1.29 is 23.8 Å². The highest BCUT2D eigenvalue weighted by Gasteiger charge is 2.25. The molecule has 1 aliphatic rings. The third-order valence-electron chi connectivity index (χ3n) is 6.11. The summed E-state index contributed by atoms with van der Waals surface area (Å²) in [5.41, 5.74) is 3.03. The number of aryl methyl sites for hydroxylation is 1. The molecule has 1 N–H and O–H groups in total. The number of rotatable bonds is 9. The van der Waals surface area contributed by atoms with Gasteiger partial charge >= 0.3 is 5.97 Å². The number of pyridine rings is 1. The highest BCUT2D eigenvalue weighted by atomic mass is 32.1. The van der Waals surface area contributed by atoms with E-state index in [0.717, 1.165) is 46.6 Å². The number of carbonyl (C=O) groups excluding carboxylic acids is 2. The van der Waals surface area contributed by atoms with Gasteiger partial charge in [-0.1, -0.05) is 47.7 Å². The van der Waals surface area contributed by atoms with Crippen molar-refractivity contribution in [2.75, 3.05) is 6.61 Å². The number of hydrogen-bond acceptors (Lipinski definition) is 8. The molecule has 8 nitrogen and oxygen atoms in total. The monoisotopic (exact) mass is 529 g/mol. The van der Waals surface area contributed by atoms with Crippen LogP contribution in [0.25, 0.3) is 0 Å². The Hall–Kier alpha value is -4.24. The Morgan fingerprint density at radius 1 is 1.13 bits per heavy atom. The molecule has 194 valence electrons.